The molecule has 18 heavy (non-hydrogen) atoms. The van der Waals surface area contributed by atoms with Crippen molar-refractivity contribution in [1.82, 2.24) is 4.98 Å². The van der Waals surface area contributed by atoms with E-state index in [0.29, 0.717) is 28.7 Å². The van der Waals surface area contributed by atoms with E-state index in [-0.39, 0.29) is 0 Å². The molecule has 0 aromatic carbocycles. The maximum absolute atomic E-state index is 6.09. The third-order valence-corrected chi connectivity index (χ3v) is 3.78. The van der Waals surface area contributed by atoms with Gasteiger partial charge in [-0.2, -0.15) is 4.98 Å². The molecule has 0 aliphatic heterocycles. The van der Waals surface area contributed by atoms with E-state index < -0.39 is 0 Å². The Morgan fingerprint density at radius 3 is 2.78 bits per heavy atom. The third kappa shape index (κ3) is 3.50. The number of hydrogen-bond donors (Lipinski definition) is 2. The number of nitrogens with one attached hydrogen (secondary N) is 1. The van der Waals surface area contributed by atoms with Crippen molar-refractivity contribution in [1.29, 1.82) is 0 Å². The van der Waals surface area contributed by atoms with Gasteiger partial charge in [-0.05, 0) is 37.7 Å². The van der Waals surface area contributed by atoms with Crippen LogP contribution in [0, 0.1) is 5.92 Å². The van der Waals surface area contributed by atoms with Crippen LogP contribution in [-0.4, -0.2) is 24.7 Å². The number of anilines is 1. The normalized spacial score (nSPS) is 23.7. The Hall–Kier alpha value is -1.00. The molecule has 1 aromatic rings. The molecule has 100 valence electrons. The topological polar surface area (TPSA) is 60.2 Å². The molecule has 0 unspecified atom stereocenters. The maximum atomic E-state index is 6.09. The first-order valence-electron chi connectivity index (χ1n) is 6.39. The van der Waals surface area contributed by atoms with E-state index in [9.17, 15) is 0 Å². The Labute approximate surface area is 113 Å². The number of methoxy groups -OCH3 is 1. The second-order valence-electron chi connectivity index (χ2n) is 4.85. The summed E-state index contributed by atoms with van der Waals surface area (Å²) < 4.78 is 5.09. The maximum Gasteiger partial charge on any atom is 0.214 e. The SMILES string of the molecule is COc1ccc(Cl)c(NC[C@H]2CC[C@H](N)CC2)n1. The van der Waals surface area contributed by atoms with Gasteiger partial charge in [-0.15, -0.1) is 0 Å². The monoisotopic (exact) mass is 269 g/mol. The number of nitrogens with two attached hydrogens (primary N) is 1. The van der Waals surface area contributed by atoms with Gasteiger partial charge in [-0.25, -0.2) is 0 Å². The molecule has 0 atom stereocenters. The van der Waals surface area contributed by atoms with Gasteiger partial charge >= 0.3 is 0 Å². The van der Waals surface area contributed by atoms with Crippen molar-refractivity contribution in [3.8, 4) is 5.88 Å². The lowest BCUT2D eigenvalue weighted by Crippen LogP contribution is -2.29. The van der Waals surface area contributed by atoms with Crippen molar-refractivity contribution in [3.05, 3.63) is 17.2 Å². The van der Waals surface area contributed by atoms with Crippen LogP contribution in [-0.2, 0) is 0 Å². The summed E-state index contributed by atoms with van der Waals surface area (Å²) in [6.45, 7) is 0.895. The summed E-state index contributed by atoms with van der Waals surface area (Å²) >= 11 is 6.09. The zero-order valence-corrected chi connectivity index (χ0v) is 11.4. The molecule has 0 saturated heterocycles. The predicted molar refractivity (Wildman–Crippen MR) is 74.2 cm³/mol. The Bertz CT molecular complexity index is 392. The molecule has 0 radical (unpaired) electrons. The van der Waals surface area contributed by atoms with E-state index >= 15 is 0 Å². The molecular weight excluding hydrogens is 250 g/mol. The zero-order valence-electron chi connectivity index (χ0n) is 10.7. The van der Waals surface area contributed by atoms with Gasteiger partial charge in [0.05, 0.1) is 12.1 Å². The summed E-state index contributed by atoms with van der Waals surface area (Å²) in [5.74, 6) is 1.94. The fourth-order valence-electron chi connectivity index (χ4n) is 2.30. The second-order valence-corrected chi connectivity index (χ2v) is 5.25. The van der Waals surface area contributed by atoms with Crippen molar-refractivity contribution >= 4 is 17.4 Å². The Morgan fingerprint density at radius 1 is 1.39 bits per heavy atom. The molecule has 4 nitrogen and oxygen atoms in total. The fraction of sp³-hybridized carbons (Fsp3) is 0.615. The molecule has 1 fully saturated rings. The average Bonchev–Trinajstić information content (AvgIpc) is 2.40. The van der Waals surface area contributed by atoms with Crippen LogP contribution < -0.4 is 15.8 Å². The largest absolute Gasteiger partial charge is 0.481 e. The standard InChI is InChI=1S/C13H20ClN3O/c1-18-12-7-6-11(14)13(17-12)16-8-9-2-4-10(15)5-3-9/h6-7,9-10H,2-5,8,15H2,1H3,(H,16,17)/t9-,10-. The van der Waals surface area contributed by atoms with Gasteiger partial charge < -0.3 is 15.8 Å². The van der Waals surface area contributed by atoms with E-state index in [1.165, 1.54) is 12.8 Å². The Balaban J connectivity index is 1.89. The highest BCUT2D eigenvalue weighted by molar-refractivity contribution is 6.32. The lowest BCUT2D eigenvalue weighted by molar-refractivity contribution is 0.338. The summed E-state index contributed by atoms with van der Waals surface area (Å²) in [6, 6.07) is 3.94. The highest BCUT2D eigenvalue weighted by Gasteiger charge is 2.18. The van der Waals surface area contributed by atoms with Crippen LogP contribution in [0.5, 0.6) is 5.88 Å². The van der Waals surface area contributed by atoms with Gasteiger partial charge in [0.2, 0.25) is 5.88 Å². The minimum atomic E-state index is 0.389. The molecule has 5 heteroatoms. The van der Waals surface area contributed by atoms with Gasteiger partial charge in [0.1, 0.15) is 5.82 Å². The first kappa shape index (κ1) is 13.4. The number of nitrogens with zero attached hydrogens (tertiary/aromatic N) is 1. The van der Waals surface area contributed by atoms with Crippen LogP contribution in [0.1, 0.15) is 25.7 Å². The van der Waals surface area contributed by atoms with Gasteiger partial charge in [0.25, 0.3) is 0 Å². The van der Waals surface area contributed by atoms with E-state index in [4.69, 9.17) is 22.1 Å². The molecule has 0 spiro atoms. The number of rotatable bonds is 4. The van der Waals surface area contributed by atoms with Crippen LogP contribution in [0.4, 0.5) is 5.82 Å². The van der Waals surface area contributed by atoms with Gasteiger partial charge in [-0.1, -0.05) is 11.6 Å². The Kier molecular flexibility index (Phi) is 4.66. The number of pyridine rings is 1. The van der Waals surface area contributed by atoms with Crippen molar-refractivity contribution in [2.24, 2.45) is 11.7 Å². The van der Waals surface area contributed by atoms with Crippen LogP contribution >= 0.6 is 11.6 Å². The fourth-order valence-corrected chi connectivity index (χ4v) is 2.47. The molecule has 1 heterocycles. The summed E-state index contributed by atoms with van der Waals surface area (Å²) in [5.41, 5.74) is 5.90. The molecular formula is C13H20ClN3O. The van der Waals surface area contributed by atoms with Crippen LogP contribution in [0.3, 0.4) is 0 Å². The first-order valence-corrected chi connectivity index (χ1v) is 6.77. The van der Waals surface area contributed by atoms with E-state index in [1.54, 1.807) is 19.2 Å². The van der Waals surface area contributed by atoms with Crippen LogP contribution in [0.25, 0.3) is 0 Å². The molecule has 1 aliphatic rings. The first-order chi connectivity index (χ1) is 8.69. The van der Waals surface area contributed by atoms with Crippen molar-refractivity contribution < 1.29 is 4.74 Å². The second kappa shape index (κ2) is 6.25. The Morgan fingerprint density at radius 2 is 2.11 bits per heavy atom. The summed E-state index contributed by atoms with van der Waals surface area (Å²) in [6.07, 6.45) is 4.59. The number of halogens is 1. The molecule has 1 aromatic heterocycles. The molecule has 1 aliphatic carbocycles. The quantitative estimate of drug-likeness (QED) is 0.882. The van der Waals surface area contributed by atoms with E-state index in [0.717, 1.165) is 19.4 Å². The number of ether oxygens (including phenoxy) is 1. The number of hydrogen-bond acceptors (Lipinski definition) is 4. The summed E-state index contributed by atoms with van der Waals surface area (Å²) in [4.78, 5) is 4.30. The van der Waals surface area contributed by atoms with Crippen LogP contribution in [0.2, 0.25) is 5.02 Å². The molecule has 1 saturated carbocycles. The number of aromatic nitrogens is 1. The van der Waals surface area contributed by atoms with Gasteiger partial charge in [0, 0.05) is 18.7 Å². The summed E-state index contributed by atoms with van der Waals surface area (Å²) in [7, 11) is 1.60. The molecule has 0 bridgehead atoms. The van der Waals surface area contributed by atoms with Crippen LogP contribution in [0.15, 0.2) is 12.1 Å². The predicted octanol–water partition coefficient (Wildman–Crippen LogP) is 2.67. The lowest BCUT2D eigenvalue weighted by Gasteiger charge is -2.26. The van der Waals surface area contributed by atoms with Crippen molar-refractivity contribution in [2.45, 2.75) is 31.7 Å². The summed E-state index contributed by atoms with van der Waals surface area (Å²) in [5, 5.41) is 3.94. The highest BCUT2D eigenvalue weighted by Crippen LogP contribution is 2.26. The van der Waals surface area contributed by atoms with Crippen molar-refractivity contribution in [3.63, 3.8) is 0 Å². The van der Waals surface area contributed by atoms with E-state index in [2.05, 4.69) is 10.3 Å². The minimum Gasteiger partial charge on any atom is -0.481 e. The molecule has 2 rings (SSSR count). The van der Waals surface area contributed by atoms with Gasteiger partial charge in [0.15, 0.2) is 0 Å². The minimum absolute atomic E-state index is 0.389. The molecule has 0 amide bonds. The highest BCUT2D eigenvalue weighted by atomic mass is 35.5. The van der Waals surface area contributed by atoms with E-state index in [1.807, 2.05) is 0 Å². The smallest absolute Gasteiger partial charge is 0.214 e. The average molecular weight is 270 g/mol. The van der Waals surface area contributed by atoms with Gasteiger partial charge in [-0.3, -0.25) is 0 Å². The van der Waals surface area contributed by atoms with Crippen molar-refractivity contribution in [2.75, 3.05) is 19.0 Å². The molecule has 3 N–H and O–H groups in total. The lowest BCUT2D eigenvalue weighted by atomic mass is 9.86. The zero-order chi connectivity index (χ0) is 13.0. The third-order valence-electron chi connectivity index (χ3n) is 3.48.